The summed E-state index contributed by atoms with van der Waals surface area (Å²) in [5.41, 5.74) is 3.03. The van der Waals surface area contributed by atoms with Crippen LogP contribution < -0.4 is 14.8 Å². The molecule has 3 atom stereocenters. The molecule has 0 radical (unpaired) electrons. The van der Waals surface area contributed by atoms with Crippen LogP contribution in [0.1, 0.15) is 68.2 Å². The van der Waals surface area contributed by atoms with Crippen molar-refractivity contribution >= 4 is 11.6 Å². The van der Waals surface area contributed by atoms with Crippen LogP contribution in [0.15, 0.2) is 41.6 Å². The van der Waals surface area contributed by atoms with Gasteiger partial charge in [-0.2, -0.15) is 13.2 Å². The molecule has 200 valence electrons. The van der Waals surface area contributed by atoms with Crippen LogP contribution in [0.5, 0.6) is 11.5 Å². The number of benzene rings is 2. The fourth-order valence-electron chi connectivity index (χ4n) is 6.12. The van der Waals surface area contributed by atoms with E-state index in [-0.39, 0.29) is 5.92 Å². The summed E-state index contributed by atoms with van der Waals surface area (Å²) >= 11 is 0. The Bertz CT molecular complexity index is 1220. The number of hydrogen-bond acceptors (Lipinski definition) is 5. The molecule has 0 saturated carbocycles. The van der Waals surface area contributed by atoms with Crippen molar-refractivity contribution in [3.63, 3.8) is 0 Å². The second-order valence-electron chi connectivity index (χ2n) is 10.7. The minimum absolute atomic E-state index is 0.230. The Balaban J connectivity index is 1.82. The first-order chi connectivity index (χ1) is 17.3. The lowest BCUT2D eigenvalue weighted by atomic mass is 9.59. The van der Waals surface area contributed by atoms with E-state index in [2.05, 4.69) is 10.5 Å². The van der Waals surface area contributed by atoms with Gasteiger partial charge in [-0.3, -0.25) is 4.79 Å². The molecule has 2 aromatic carbocycles. The second kappa shape index (κ2) is 9.58. The SMILES string of the molecule is COc1ccc2c(c1)C(C)(CC1CC(NC(=O)C(F)(F)F)C(C)(C)c3cc(OC)ccc31)/C(=N/O)CC2. The summed E-state index contributed by atoms with van der Waals surface area (Å²) in [6, 6.07) is 10.7. The van der Waals surface area contributed by atoms with E-state index in [9.17, 15) is 23.2 Å². The zero-order valence-corrected chi connectivity index (χ0v) is 21.7. The Labute approximate surface area is 214 Å². The van der Waals surface area contributed by atoms with E-state index in [4.69, 9.17) is 9.47 Å². The van der Waals surface area contributed by atoms with E-state index in [0.29, 0.717) is 42.9 Å². The fraction of sp³-hybridized carbons (Fsp3) is 0.500. The predicted molar refractivity (Wildman–Crippen MR) is 134 cm³/mol. The number of carbonyl (C=O) groups excluding carboxylic acids is 1. The van der Waals surface area contributed by atoms with Crippen molar-refractivity contribution in [1.82, 2.24) is 5.32 Å². The van der Waals surface area contributed by atoms with Gasteiger partial charge in [-0.1, -0.05) is 38.1 Å². The van der Waals surface area contributed by atoms with E-state index in [0.717, 1.165) is 22.3 Å². The molecular formula is C28H33F3N2O4. The minimum atomic E-state index is -4.98. The summed E-state index contributed by atoms with van der Waals surface area (Å²) in [5, 5.41) is 15.9. The molecule has 0 bridgehead atoms. The first-order valence-electron chi connectivity index (χ1n) is 12.3. The quantitative estimate of drug-likeness (QED) is 0.397. The van der Waals surface area contributed by atoms with Gasteiger partial charge >= 0.3 is 12.1 Å². The standard InChI is InChI=1S/C28H33F3N2O4/c1-26(2)22-14-19(37-5)9-10-20(22)17(12-24(26)32-25(34)28(29,30)31)15-27(3)21-13-18(36-4)8-6-16(21)7-11-23(27)33-35/h6,8-10,13-14,17,24,35H,7,11-12,15H2,1-5H3,(H,32,34)/b33-23+. The molecule has 0 aromatic heterocycles. The monoisotopic (exact) mass is 518 g/mol. The molecule has 1 amide bonds. The van der Waals surface area contributed by atoms with E-state index in [1.165, 1.54) is 7.11 Å². The number of fused-ring (bicyclic) bond motifs is 2. The van der Waals surface area contributed by atoms with Gasteiger partial charge in [-0.25, -0.2) is 0 Å². The highest BCUT2D eigenvalue weighted by Gasteiger charge is 2.49. The van der Waals surface area contributed by atoms with Crippen LogP contribution in [-0.2, 0) is 22.0 Å². The first kappa shape index (κ1) is 26.8. The number of nitrogens with zero attached hydrogens (tertiary/aromatic N) is 1. The van der Waals surface area contributed by atoms with Crippen LogP contribution in [0.25, 0.3) is 0 Å². The normalized spacial score (nSPS) is 25.7. The van der Waals surface area contributed by atoms with Gasteiger partial charge in [0.05, 0.1) is 19.9 Å². The number of amides is 1. The van der Waals surface area contributed by atoms with Crippen molar-refractivity contribution in [2.45, 2.75) is 75.4 Å². The maximum Gasteiger partial charge on any atom is 0.471 e. The lowest BCUT2D eigenvalue weighted by Crippen LogP contribution is -2.54. The highest BCUT2D eigenvalue weighted by atomic mass is 19.4. The van der Waals surface area contributed by atoms with Gasteiger partial charge in [0.2, 0.25) is 0 Å². The highest BCUT2D eigenvalue weighted by Crippen LogP contribution is 2.51. The number of alkyl halides is 3. The molecule has 9 heteroatoms. The fourth-order valence-corrected chi connectivity index (χ4v) is 6.12. The molecule has 0 saturated heterocycles. The van der Waals surface area contributed by atoms with Crippen LogP contribution in [-0.4, -0.2) is 43.3 Å². The van der Waals surface area contributed by atoms with Crippen LogP contribution in [0.3, 0.4) is 0 Å². The maximum absolute atomic E-state index is 13.2. The van der Waals surface area contributed by atoms with Crippen LogP contribution in [0.2, 0.25) is 0 Å². The summed E-state index contributed by atoms with van der Waals surface area (Å²) < 4.78 is 50.6. The average Bonchev–Trinajstić information content (AvgIpc) is 2.86. The number of halogens is 3. The number of nitrogens with one attached hydrogen (secondary N) is 1. The molecular weight excluding hydrogens is 485 g/mol. The number of aryl methyl sites for hydroxylation is 1. The third-order valence-electron chi connectivity index (χ3n) is 8.30. The molecule has 2 aliphatic carbocycles. The van der Waals surface area contributed by atoms with Crippen molar-refractivity contribution < 1.29 is 32.6 Å². The van der Waals surface area contributed by atoms with E-state index < -0.39 is 29.0 Å². The molecule has 2 aromatic rings. The summed E-state index contributed by atoms with van der Waals surface area (Å²) in [4.78, 5) is 12.0. The van der Waals surface area contributed by atoms with Crippen LogP contribution >= 0.6 is 0 Å². The van der Waals surface area contributed by atoms with Crippen molar-refractivity contribution in [2.24, 2.45) is 5.16 Å². The van der Waals surface area contributed by atoms with Gasteiger partial charge in [-0.15, -0.1) is 0 Å². The number of carbonyl (C=O) groups is 1. The molecule has 2 aliphatic rings. The van der Waals surface area contributed by atoms with Crippen molar-refractivity contribution in [2.75, 3.05) is 14.2 Å². The summed E-state index contributed by atoms with van der Waals surface area (Å²) in [6.07, 6.45) is -2.94. The molecule has 2 N–H and O–H groups in total. The van der Waals surface area contributed by atoms with Crippen molar-refractivity contribution in [3.05, 3.63) is 58.7 Å². The van der Waals surface area contributed by atoms with E-state index in [1.807, 2.05) is 57.2 Å². The van der Waals surface area contributed by atoms with Crippen molar-refractivity contribution in [1.29, 1.82) is 0 Å². The Hall–Kier alpha value is -3.23. The zero-order chi connectivity index (χ0) is 27.2. The lowest BCUT2D eigenvalue weighted by Gasteiger charge is -2.47. The maximum atomic E-state index is 13.2. The van der Waals surface area contributed by atoms with Crippen molar-refractivity contribution in [3.8, 4) is 11.5 Å². The number of hydrogen-bond donors (Lipinski definition) is 2. The smallest absolute Gasteiger partial charge is 0.471 e. The van der Waals surface area contributed by atoms with E-state index >= 15 is 0 Å². The molecule has 4 rings (SSSR count). The summed E-state index contributed by atoms with van der Waals surface area (Å²) in [7, 11) is 3.12. The predicted octanol–water partition coefficient (Wildman–Crippen LogP) is 5.64. The van der Waals surface area contributed by atoms with Gasteiger partial charge in [-0.05, 0) is 78.1 Å². The zero-order valence-electron chi connectivity index (χ0n) is 21.7. The Morgan fingerprint density at radius 1 is 1.05 bits per heavy atom. The van der Waals surface area contributed by atoms with Gasteiger partial charge in [0.1, 0.15) is 11.5 Å². The Morgan fingerprint density at radius 3 is 2.27 bits per heavy atom. The number of oxime groups is 1. The molecule has 0 aliphatic heterocycles. The average molecular weight is 519 g/mol. The lowest BCUT2D eigenvalue weighted by molar-refractivity contribution is -0.175. The Morgan fingerprint density at radius 2 is 1.68 bits per heavy atom. The number of rotatable bonds is 5. The largest absolute Gasteiger partial charge is 0.497 e. The third kappa shape index (κ3) is 4.76. The van der Waals surface area contributed by atoms with Crippen LogP contribution in [0, 0.1) is 0 Å². The Kier molecular flexibility index (Phi) is 6.94. The van der Waals surface area contributed by atoms with Gasteiger partial charge in [0.15, 0.2) is 0 Å². The summed E-state index contributed by atoms with van der Waals surface area (Å²) in [5.74, 6) is -0.919. The number of methoxy groups -OCH3 is 2. The highest BCUT2D eigenvalue weighted by molar-refractivity contribution is 5.96. The molecule has 6 nitrogen and oxygen atoms in total. The molecule has 0 heterocycles. The molecule has 37 heavy (non-hydrogen) atoms. The third-order valence-corrected chi connectivity index (χ3v) is 8.30. The van der Waals surface area contributed by atoms with Gasteiger partial charge in [0.25, 0.3) is 0 Å². The topological polar surface area (TPSA) is 80.2 Å². The van der Waals surface area contributed by atoms with Gasteiger partial charge < -0.3 is 20.0 Å². The van der Waals surface area contributed by atoms with Crippen LogP contribution in [0.4, 0.5) is 13.2 Å². The first-order valence-corrected chi connectivity index (χ1v) is 12.3. The number of ether oxygens (including phenoxy) is 2. The second-order valence-corrected chi connectivity index (χ2v) is 10.7. The molecule has 3 unspecified atom stereocenters. The molecule has 0 fully saturated rings. The summed E-state index contributed by atoms with van der Waals surface area (Å²) in [6.45, 7) is 5.68. The van der Waals surface area contributed by atoms with E-state index in [1.54, 1.807) is 7.11 Å². The minimum Gasteiger partial charge on any atom is -0.497 e. The van der Waals surface area contributed by atoms with Gasteiger partial charge in [0, 0.05) is 16.9 Å². The molecule has 0 spiro atoms.